The number of nitrogen functional groups attached to an aromatic ring is 1. The number of anilines is 1. The van der Waals surface area contributed by atoms with Gasteiger partial charge >= 0.3 is 0 Å². The van der Waals surface area contributed by atoms with Gasteiger partial charge in [-0.3, -0.25) is 4.68 Å². The van der Waals surface area contributed by atoms with Gasteiger partial charge < -0.3 is 10.8 Å². The zero-order chi connectivity index (χ0) is 13.4. The summed E-state index contributed by atoms with van der Waals surface area (Å²) in [4.78, 5) is -0.0373. The molecule has 1 aliphatic carbocycles. The predicted molar refractivity (Wildman–Crippen MR) is 66.2 cm³/mol. The maximum Gasteiger partial charge on any atom is 0.246 e. The van der Waals surface area contributed by atoms with Gasteiger partial charge in [0.2, 0.25) is 10.0 Å². The van der Waals surface area contributed by atoms with Crippen molar-refractivity contribution in [3.8, 4) is 0 Å². The molecule has 1 aromatic heterocycles. The van der Waals surface area contributed by atoms with Gasteiger partial charge in [-0.25, -0.2) is 13.1 Å². The van der Waals surface area contributed by atoms with E-state index in [0.29, 0.717) is 12.8 Å². The van der Waals surface area contributed by atoms with E-state index in [-0.39, 0.29) is 17.3 Å². The molecule has 0 amide bonds. The molecule has 0 unspecified atom stereocenters. The number of nitrogens with one attached hydrogen (secondary N) is 1. The van der Waals surface area contributed by atoms with E-state index in [1.165, 1.54) is 10.9 Å². The van der Waals surface area contributed by atoms with Crippen LogP contribution in [0.4, 0.5) is 5.82 Å². The molecule has 0 aromatic carbocycles. The lowest BCUT2D eigenvalue weighted by Crippen LogP contribution is -2.49. The van der Waals surface area contributed by atoms with Crippen LogP contribution in [0.3, 0.4) is 0 Å². The van der Waals surface area contributed by atoms with Gasteiger partial charge in [-0.05, 0) is 12.8 Å². The molecule has 0 aliphatic heterocycles. The van der Waals surface area contributed by atoms with E-state index in [1.807, 2.05) is 0 Å². The molecule has 4 N–H and O–H groups in total. The Labute approximate surface area is 106 Å². The van der Waals surface area contributed by atoms with Gasteiger partial charge in [0.1, 0.15) is 4.90 Å². The molecule has 1 saturated carbocycles. The molecular formula is C10H18N4O3S. The van der Waals surface area contributed by atoms with Gasteiger partial charge in [-0.15, -0.1) is 0 Å². The average Bonchev–Trinajstić information content (AvgIpc) is 2.86. The summed E-state index contributed by atoms with van der Waals surface area (Å²) in [5, 5.41) is 13.2. The zero-order valence-corrected chi connectivity index (χ0v) is 11.1. The quantitative estimate of drug-likeness (QED) is 0.691. The second-order valence-corrected chi connectivity index (χ2v) is 6.45. The van der Waals surface area contributed by atoms with E-state index < -0.39 is 15.6 Å². The van der Waals surface area contributed by atoms with E-state index in [4.69, 9.17) is 5.73 Å². The molecule has 8 heteroatoms. The van der Waals surface area contributed by atoms with E-state index >= 15 is 0 Å². The van der Waals surface area contributed by atoms with Crippen molar-refractivity contribution in [3.05, 3.63) is 6.20 Å². The van der Waals surface area contributed by atoms with Gasteiger partial charge in [0.15, 0.2) is 5.82 Å². The van der Waals surface area contributed by atoms with Crippen LogP contribution < -0.4 is 10.5 Å². The van der Waals surface area contributed by atoms with Gasteiger partial charge in [0.25, 0.3) is 0 Å². The van der Waals surface area contributed by atoms with E-state index in [2.05, 4.69) is 9.82 Å². The summed E-state index contributed by atoms with van der Waals surface area (Å²) in [5.41, 5.74) is 4.82. The summed E-state index contributed by atoms with van der Waals surface area (Å²) < 4.78 is 28.4. The molecule has 0 saturated heterocycles. The predicted octanol–water partition coefficient (Wildman–Crippen LogP) is -0.414. The lowest BCUT2D eigenvalue weighted by molar-refractivity contribution is 0.185. The Hall–Kier alpha value is -1.12. The summed E-state index contributed by atoms with van der Waals surface area (Å²) >= 11 is 0. The smallest absolute Gasteiger partial charge is 0.246 e. The molecule has 2 rings (SSSR count). The number of aliphatic hydroxyl groups is 1. The van der Waals surface area contributed by atoms with E-state index in [0.717, 1.165) is 12.8 Å². The van der Waals surface area contributed by atoms with Crippen LogP contribution in [0.1, 0.15) is 25.7 Å². The van der Waals surface area contributed by atoms with Crippen molar-refractivity contribution in [1.29, 1.82) is 0 Å². The number of hydrogen-bond acceptors (Lipinski definition) is 5. The normalized spacial score (nSPS) is 19.2. The minimum Gasteiger partial charge on any atom is -0.394 e. The molecule has 1 fully saturated rings. The summed E-state index contributed by atoms with van der Waals surface area (Å²) in [7, 11) is -2.14. The van der Waals surface area contributed by atoms with Crippen molar-refractivity contribution < 1.29 is 13.5 Å². The molecular weight excluding hydrogens is 256 g/mol. The summed E-state index contributed by atoms with van der Waals surface area (Å²) in [6.45, 7) is -0.202. The molecule has 1 aliphatic rings. The Morgan fingerprint density at radius 3 is 2.61 bits per heavy atom. The van der Waals surface area contributed by atoms with Crippen LogP contribution in [0, 0.1) is 0 Å². The third-order valence-corrected chi connectivity index (χ3v) is 4.92. The third kappa shape index (κ3) is 2.36. The highest BCUT2D eigenvalue weighted by Gasteiger charge is 2.38. The maximum atomic E-state index is 12.2. The fraction of sp³-hybridized carbons (Fsp3) is 0.700. The van der Waals surface area contributed by atoms with Crippen molar-refractivity contribution >= 4 is 15.8 Å². The highest BCUT2D eigenvalue weighted by Crippen LogP contribution is 2.31. The lowest BCUT2D eigenvalue weighted by atomic mass is 10.0. The van der Waals surface area contributed by atoms with Crippen LogP contribution in [0.5, 0.6) is 0 Å². The average molecular weight is 274 g/mol. The summed E-state index contributed by atoms with van der Waals surface area (Å²) in [6.07, 6.45) is 4.46. The summed E-state index contributed by atoms with van der Waals surface area (Å²) in [6, 6.07) is 0. The number of nitrogens with two attached hydrogens (primary N) is 1. The number of nitrogens with zero attached hydrogens (tertiary/aromatic N) is 2. The Kier molecular flexibility index (Phi) is 3.35. The van der Waals surface area contributed by atoms with Crippen LogP contribution in [0.25, 0.3) is 0 Å². The number of aromatic nitrogens is 2. The Morgan fingerprint density at radius 1 is 1.56 bits per heavy atom. The molecule has 102 valence electrons. The summed E-state index contributed by atoms with van der Waals surface area (Å²) in [5.74, 6) is -0.0314. The molecule has 1 heterocycles. The van der Waals surface area contributed by atoms with Gasteiger partial charge in [0.05, 0.1) is 12.1 Å². The topological polar surface area (TPSA) is 110 Å². The zero-order valence-electron chi connectivity index (χ0n) is 10.3. The number of sulfonamides is 1. The van der Waals surface area contributed by atoms with Crippen LogP contribution in [0.15, 0.2) is 11.1 Å². The lowest BCUT2D eigenvalue weighted by Gasteiger charge is -2.27. The van der Waals surface area contributed by atoms with Gasteiger partial charge in [-0.1, -0.05) is 12.8 Å². The second-order valence-electron chi connectivity index (χ2n) is 4.80. The second kappa shape index (κ2) is 4.52. The highest BCUT2D eigenvalue weighted by molar-refractivity contribution is 7.89. The standard InChI is InChI=1S/C10H18N4O3S/c1-14-6-8(9(11)12-14)18(16,17)13-10(7-15)4-2-3-5-10/h6,13,15H,2-5,7H2,1H3,(H2,11,12). The van der Waals surface area contributed by atoms with E-state index in [9.17, 15) is 13.5 Å². The van der Waals surface area contributed by atoms with E-state index in [1.54, 1.807) is 7.05 Å². The maximum absolute atomic E-state index is 12.2. The number of rotatable bonds is 4. The first-order valence-electron chi connectivity index (χ1n) is 5.82. The fourth-order valence-electron chi connectivity index (χ4n) is 2.38. The number of aliphatic hydroxyl groups excluding tert-OH is 1. The minimum atomic E-state index is -3.74. The molecule has 1 aromatic rings. The first-order chi connectivity index (χ1) is 8.38. The van der Waals surface area contributed by atoms with Crippen LogP contribution in [0.2, 0.25) is 0 Å². The molecule has 0 atom stereocenters. The van der Waals surface area contributed by atoms with Crippen molar-refractivity contribution in [2.45, 2.75) is 36.1 Å². The van der Waals surface area contributed by atoms with Gasteiger partial charge in [0, 0.05) is 13.2 Å². The largest absolute Gasteiger partial charge is 0.394 e. The first-order valence-corrected chi connectivity index (χ1v) is 7.31. The minimum absolute atomic E-state index is 0.0314. The Morgan fingerprint density at radius 2 is 2.17 bits per heavy atom. The monoisotopic (exact) mass is 274 g/mol. The Bertz CT molecular complexity index is 531. The first kappa shape index (κ1) is 13.3. The van der Waals surface area contributed by atoms with Gasteiger partial charge in [-0.2, -0.15) is 5.10 Å². The van der Waals surface area contributed by atoms with Crippen molar-refractivity contribution in [2.24, 2.45) is 7.05 Å². The SMILES string of the molecule is Cn1cc(S(=O)(=O)NC2(CO)CCCC2)c(N)n1. The molecule has 0 bridgehead atoms. The van der Waals surface area contributed by atoms with Crippen molar-refractivity contribution in [3.63, 3.8) is 0 Å². The van der Waals surface area contributed by atoms with Crippen molar-refractivity contribution in [1.82, 2.24) is 14.5 Å². The van der Waals surface area contributed by atoms with Crippen molar-refractivity contribution in [2.75, 3.05) is 12.3 Å². The molecule has 0 radical (unpaired) electrons. The third-order valence-electron chi connectivity index (χ3n) is 3.33. The molecule has 7 nitrogen and oxygen atoms in total. The highest BCUT2D eigenvalue weighted by atomic mass is 32.2. The van der Waals surface area contributed by atoms with Crippen LogP contribution in [-0.4, -0.2) is 35.5 Å². The number of aryl methyl sites for hydroxylation is 1. The van der Waals surface area contributed by atoms with Crippen LogP contribution in [-0.2, 0) is 17.1 Å². The fourth-order valence-corrected chi connectivity index (χ4v) is 3.93. The number of hydrogen-bond donors (Lipinski definition) is 3. The molecule has 18 heavy (non-hydrogen) atoms. The van der Waals surface area contributed by atoms with Crippen LogP contribution >= 0.6 is 0 Å². The molecule has 0 spiro atoms. The Balaban J connectivity index is 2.29.